The number of carboxylic acids is 1. The lowest BCUT2D eigenvalue weighted by atomic mass is 10.1. The first-order valence-electron chi connectivity index (χ1n) is 11.7. The maximum atomic E-state index is 11.6. The Bertz CT molecular complexity index is 1390. The van der Waals surface area contributed by atoms with Crippen LogP contribution in [0.5, 0.6) is 17.2 Å². The first-order chi connectivity index (χ1) is 18.1. The molecule has 0 fully saturated rings. The lowest BCUT2D eigenvalue weighted by Gasteiger charge is -2.17. The summed E-state index contributed by atoms with van der Waals surface area (Å²) in [5, 5.41) is 18.8. The van der Waals surface area contributed by atoms with E-state index in [2.05, 4.69) is 0 Å². The highest BCUT2D eigenvalue weighted by Crippen LogP contribution is 2.37. The van der Waals surface area contributed by atoms with E-state index in [1.807, 2.05) is 91.0 Å². The van der Waals surface area contributed by atoms with Gasteiger partial charge in [0, 0.05) is 11.6 Å². The predicted molar refractivity (Wildman–Crippen MR) is 140 cm³/mol. The second-order valence-electron chi connectivity index (χ2n) is 8.13. The van der Waals surface area contributed by atoms with E-state index in [9.17, 15) is 15.2 Å². The van der Waals surface area contributed by atoms with Crippen LogP contribution in [0.25, 0.3) is 6.08 Å². The number of benzene rings is 4. The molecule has 4 rings (SSSR count). The van der Waals surface area contributed by atoms with Gasteiger partial charge in [-0.05, 0) is 28.8 Å². The second-order valence-corrected chi connectivity index (χ2v) is 8.13. The fourth-order valence-corrected chi connectivity index (χ4v) is 3.52. The summed E-state index contributed by atoms with van der Waals surface area (Å²) in [5.74, 6) is -0.116. The first kappa shape index (κ1) is 25.1. The van der Waals surface area contributed by atoms with Gasteiger partial charge >= 0.3 is 5.97 Å². The van der Waals surface area contributed by atoms with Crippen molar-refractivity contribution in [2.45, 2.75) is 19.8 Å². The normalized spacial score (nSPS) is 10.8. The number of ether oxygens (including phenoxy) is 3. The summed E-state index contributed by atoms with van der Waals surface area (Å²) >= 11 is 0. The van der Waals surface area contributed by atoms with Crippen LogP contribution < -0.4 is 14.2 Å². The molecule has 37 heavy (non-hydrogen) atoms. The van der Waals surface area contributed by atoms with Crippen molar-refractivity contribution in [3.63, 3.8) is 0 Å². The molecule has 0 radical (unpaired) electrons. The molecule has 1 N–H and O–H groups in total. The average Bonchev–Trinajstić information content (AvgIpc) is 2.94. The molecular weight excluding hydrogens is 466 g/mol. The van der Waals surface area contributed by atoms with Gasteiger partial charge in [-0.2, -0.15) is 5.26 Å². The number of carboxylic acid groups (broad SMARTS) is 1. The van der Waals surface area contributed by atoms with Gasteiger partial charge in [0.15, 0.2) is 11.5 Å². The van der Waals surface area contributed by atoms with Crippen molar-refractivity contribution in [3.05, 3.63) is 131 Å². The van der Waals surface area contributed by atoms with E-state index in [0.29, 0.717) is 29.4 Å². The molecule has 184 valence electrons. The van der Waals surface area contributed by atoms with E-state index >= 15 is 0 Å². The third-order valence-corrected chi connectivity index (χ3v) is 5.44. The Morgan fingerprint density at radius 2 is 1.08 bits per heavy atom. The number of rotatable bonds is 11. The number of hydrogen-bond donors (Lipinski definition) is 1. The molecule has 0 bridgehead atoms. The average molecular weight is 492 g/mol. The van der Waals surface area contributed by atoms with Crippen molar-refractivity contribution < 1.29 is 24.1 Å². The minimum Gasteiger partial charge on any atom is -0.488 e. The van der Waals surface area contributed by atoms with Crippen LogP contribution in [0.4, 0.5) is 0 Å². The molecule has 6 nitrogen and oxygen atoms in total. The topological polar surface area (TPSA) is 88.8 Å². The summed E-state index contributed by atoms with van der Waals surface area (Å²) < 4.78 is 18.3. The van der Waals surface area contributed by atoms with Gasteiger partial charge in [0.2, 0.25) is 0 Å². The van der Waals surface area contributed by atoms with Gasteiger partial charge in [-0.25, -0.2) is 4.79 Å². The molecule has 0 amide bonds. The largest absolute Gasteiger partial charge is 0.488 e. The SMILES string of the molecule is N#CC(=Cc1cc(OCc2ccccc2)c(OCc2ccccc2)cc1OCc1ccccc1)C(=O)O. The number of carbonyl (C=O) groups is 1. The van der Waals surface area contributed by atoms with Gasteiger partial charge in [-0.1, -0.05) is 91.0 Å². The maximum absolute atomic E-state index is 11.6. The van der Waals surface area contributed by atoms with E-state index in [4.69, 9.17) is 14.2 Å². The Labute approximate surface area is 215 Å². The fraction of sp³-hybridized carbons (Fsp3) is 0.0968. The van der Waals surface area contributed by atoms with E-state index < -0.39 is 11.5 Å². The standard InChI is InChI=1S/C31H25NO5/c32-19-27(31(33)34)16-26-17-29(36-21-24-12-6-2-7-13-24)30(37-22-25-14-8-3-9-15-25)18-28(26)35-20-23-10-4-1-5-11-23/h1-18H,20-22H2,(H,33,34). The third-order valence-electron chi connectivity index (χ3n) is 5.44. The van der Waals surface area contributed by atoms with Crippen molar-refractivity contribution in [2.24, 2.45) is 0 Å². The molecule has 0 saturated heterocycles. The highest BCUT2D eigenvalue weighted by Gasteiger charge is 2.16. The van der Waals surface area contributed by atoms with E-state index in [0.717, 1.165) is 16.7 Å². The molecule has 0 aliphatic heterocycles. The van der Waals surface area contributed by atoms with Crippen molar-refractivity contribution in [1.29, 1.82) is 5.26 Å². The monoisotopic (exact) mass is 491 g/mol. The summed E-state index contributed by atoms with van der Waals surface area (Å²) in [6, 6.07) is 34.0. The van der Waals surface area contributed by atoms with Crippen molar-refractivity contribution >= 4 is 12.0 Å². The molecule has 0 aromatic heterocycles. The van der Waals surface area contributed by atoms with Gasteiger partial charge in [0.05, 0.1) is 0 Å². The Hall–Kier alpha value is -5.02. The van der Waals surface area contributed by atoms with Crippen LogP contribution in [0.1, 0.15) is 22.3 Å². The van der Waals surface area contributed by atoms with Gasteiger partial charge in [0.25, 0.3) is 0 Å². The van der Waals surface area contributed by atoms with E-state index in [1.54, 1.807) is 18.2 Å². The quantitative estimate of drug-likeness (QED) is 0.193. The minimum absolute atomic E-state index is 0.249. The Balaban J connectivity index is 1.71. The van der Waals surface area contributed by atoms with Crippen LogP contribution >= 0.6 is 0 Å². The third kappa shape index (κ3) is 7.23. The van der Waals surface area contributed by atoms with Crippen LogP contribution in [0.2, 0.25) is 0 Å². The molecule has 6 heteroatoms. The van der Waals surface area contributed by atoms with Gasteiger partial charge in [-0.15, -0.1) is 0 Å². The van der Waals surface area contributed by atoms with Gasteiger partial charge < -0.3 is 19.3 Å². The van der Waals surface area contributed by atoms with Crippen LogP contribution in [-0.2, 0) is 24.6 Å². The molecule has 0 heterocycles. The van der Waals surface area contributed by atoms with Crippen molar-refractivity contribution in [3.8, 4) is 23.3 Å². The van der Waals surface area contributed by atoms with Crippen LogP contribution in [-0.4, -0.2) is 11.1 Å². The van der Waals surface area contributed by atoms with Gasteiger partial charge in [0.1, 0.15) is 37.2 Å². The zero-order valence-corrected chi connectivity index (χ0v) is 20.0. The Kier molecular flexibility index (Phi) is 8.55. The number of nitriles is 1. The zero-order chi connectivity index (χ0) is 25.9. The Morgan fingerprint density at radius 3 is 1.49 bits per heavy atom. The van der Waals surface area contributed by atoms with Crippen molar-refractivity contribution in [2.75, 3.05) is 0 Å². The van der Waals surface area contributed by atoms with Crippen LogP contribution in [0, 0.1) is 11.3 Å². The number of nitrogens with zero attached hydrogens (tertiary/aromatic N) is 1. The summed E-state index contributed by atoms with van der Waals surface area (Å²) in [7, 11) is 0. The fourth-order valence-electron chi connectivity index (χ4n) is 3.52. The Morgan fingerprint density at radius 1 is 0.676 bits per heavy atom. The molecule has 4 aromatic carbocycles. The smallest absolute Gasteiger partial charge is 0.346 e. The molecule has 0 aliphatic carbocycles. The molecule has 0 aliphatic rings. The highest BCUT2D eigenvalue weighted by atomic mass is 16.5. The maximum Gasteiger partial charge on any atom is 0.346 e. The van der Waals surface area contributed by atoms with Gasteiger partial charge in [-0.3, -0.25) is 0 Å². The molecular formula is C31H25NO5. The molecule has 0 atom stereocenters. The second kappa shape index (κ2) is 12.6. The van der Waals surface area contributed by atoms with E-state index in [1.165, 1.54) is 6.08 Å². The zero-order valence-electron chi connectivity index (χ0n) is 20.0. The summed E-state index contributed by atoms with van der Waals surface area (Å²) in [4.78, 5) is 11.6. The summed E-state index contributed by atoms with van der Waals surface area (Å²) in [5.41, 5.74) is 2.85. The minimum atomic E-state index is -1.33. The molecule has 0 spiro atoms. The predicted octanol–water partition coefficient (Wildman–Crippen LogP) is 6.42. The molecule has 4 aromatic rings. The summed E-state index contributed by atoms with van der Waals surface area (Å²) in [6.07, 6.45) is 1.28. The van der Waals surface area contributed by atoms with Crippen molar-refractivity contribution in [1.82, 2.24) is 0 Å². The number of aliphatic carboxylic acids is 1. The number of hydrogen-bond acceptors (Lipinski definition) is 5. The molecule has 0 unspecified atom stereocenters. The lowest BCUT2D eigenvalue weighted by Crippen LogP contribution is -2.04. The first-order valence-corrected chi connectivity index (χ1v) is 11.7. The van der Waals surface area contributed by atoms with E-state index in [-0.39, 0.29) is 13.2 Å². The van der Waals surface area contributed by atoms with Crippen LogP contribution in [0.15, 0.2) is 109 Å². The molecule has 0 saturated carbocycles. The lowest BCUT2D eigenvalue weighted by molar-refractivity contribution is -0.132. The van der Waals surface area contributed by atoms with Crippen LogP contribution in [0.3, 0.4) is 0 Å². The summed E-state index contributed by atoms with van der Waals surface area (Å²) in [6.45, 7) is 0.827. The highest BCUT2D eigenvalue weighted by molar-refractivity contribution is 5.97.